The number of allylic oxidation sites excluding steroid dienone is 1. The van der Waals surface area contributed by atoms with Crippen LogP contribution in [0.4, 0.5) is 4.79 Å². The van der Waals surface area contributed by atoms with Gasteiger partial charge >= 0.3 is 6.09 Å². The number of amides is 4. The van der Waals surface area contributed by atoms with Gasteiger partial charge in [-0.2, -0.15) is 4.98 Å². The molecule has 3 saturated carbocycles. The largest absolute Gasteiger partial charge is 0.491 e. The molecule has 0 radical (unpaired) electrons. The molecule has 2 aliphatic heterocycles. The number of carbonyl (C=O) groups excluding carboxylic acids is 4. The van der Waals surface area contributed by atoms with Crippen molar-refractivity contribution >= 4 is 55.9 Å². The van der Waals surface area contributed by atoms with Crippen LogP contribution in [0.1, 0.15) is 97.3 Å². The molecule has 2 aromatic carbocycles. The molecular weight excluding hydrogens is 829 g/mol. The Morgan fingerprint density at radius 2 is 1.70 bits per heavy atom. The number of aromatic nitrogens is 2. The van der Waals surface area contributed by atoms with Crippen molar-refractivity contribution in [2.24, 2.45) is 5.92 Å². The first-order valence-electron chi connectivity index (χ1n) is 22.3. The van der Waals surface area contributed by atoms with Crippen LogP contribution in [-0.4, -0.2) is 94.8 Å². The van der Waals surface area contributed by atoms with Gasteiger partial charge in [-0.05, 0) is 114 Å². The predicted octanol–water partition coefficient (Wildman–Crippen LogP) is 6.22. The summed E-state index contributed by atoms with van der Waals surface area (Å²) in [5.74, 6) is -1.25. The molecule has 4 heterocycles. The summed E-state index contributed by atoms with van der Waals surface area (Å²) in [6, 6.07) is 12.6. The fraction of sp³-hybridized carbons (Fsp3) is 0.522. The number of alkyl carbamates (subject to hydrolysis) is 1. The Kier molecular flexibility index (Phi) is 11.8. The lowest BCUT2D eigenvalue weighted by Crippen LogP contribution is -2.58. The second kappa shape index (κ2) is 17.5. The first kappa shape index (κ1) is 42.6. The minimum atomic E-state index is -3.93. The zero-order chi connectivity index (χ0) is 43.9. The molecular formula is C46H54N6O10S. The van der Waals surface area contributed by atoms with Gasteiger partial charge < -0.3 is 34.2 Å². The van der Waals surface area contributed by atoms with E-state index in [0.29, 0.717) is 60.3 Å². The summed E-state index contributed by atoms with van der Waals surface area (Å²) in [6.07, 6.45) is 9.76. The number of furan rings is 1. The van der Waals surface area contributed by atoms with Crippen molar-refractivity contribution in [2.75, 3.05) is 6.54 Å². The van der Waals surface area contributed by atoms with Crippen molar-refractivity contribution in [2.45, 2.75) is 139 Å². The fourth-order valence-electron chi connectivity index (χ4n) is 9.07. The van der Waals surface area contributed by atoms with Crippen LogP contribution in [0, 0.1) is 5.92 Å². The van der Waals surface area contributed by atoms with Crippen LogP contribution < -0.4 is 24.8 Å². The molecule has 16 nitrogen and oxygen atoms in total. The zero-order valence-corrected chi connectivity index (χ0v) is 36.4. The van der Waals surface area contributed by atoms with Crippen LogP contribution in [0.2, 0.25) is 0 Å². The lowest BCUT2D eigenvalue weighted by molar-refractivity contribution is -0.141. The van der Waals surface area contributed by atoms with Crippen LogP contribution >= 0.6 is 0 Å². The maximum absolute atomic E-state index is 14.8. The van der Waals surface area contributed by atoms with E-state index >= 15 is 0 Å². The van der Waals surface area contributed by atoms with E-state index in [0.717, 1.165) is 43.9 Å². The van der Waals surface area contributed by atoms with E-state index in [2.05, 4.69) is 15.4 Å². The van der Waals surface area contributed by atoms with Gasteiger partial charge in [-0.15, -0.1) is 0 Å². The van der Waals surface area contributed by atoms with E-state index in [-0.39, 0.29) is 43.1 Å². The predicted molar refractivity (Wildman–Crippen MR) is 232 cm³/mol. The summed E-state index contributed by atoms with van der Waals surface area (Å²) < 4.78 is 52.8. The SMILES string of the molecule is CC(C)Oc1ccc(-c2nc(O[C@@H]3C[C@H]4C(=O)N[C@]5(C(=O)NS(=O)(=O)C6CC6)C[C@H]5C=CCCCCC[C@H](NC(=O)OC5CCCC5)C(=O)N4C3)c3oc4ccccc4c3n2)cc1. The molecule has 9 rings (SSSR count). The van der Waals surface area contributed by atoms with E-state index in [1.54, 1.807) is 0 Å². The molecule has 1 saturated heterocycles. The van der Waals surface area contributed by atoms with Gasteiger partial charge in [0.1, 0.15) is 46.7 Å². The van der Waals surface area contributed by atoms with Gasteiger partial charge in [0.25, 0.3) is 11.8 Å². The molecule has 2 aromatic heterocycles. The molecule has 17 heteroatoms. The maximum atomic E-state index is 14.8. The molecule has 334 valence electrons. The molecule has 4 fully saturated rings. The molecule has 5 atom stereocenters. The van der Waals surface area contributed by atoms with E-state index in [1.807, 2.05) is 74.5 Å². The van der Waals surface area contributed by atoms with E-state index in [9.17, 15) is 27.6 Å². The van der Waals surface area contributed by atoms with Gasteiger partial charge in [0.15, 0.2) is 5.82 Å². The van der Waals surface area contributed by atoms with Crippen LogP contribution in [0.5, 0.6) is 11.6 Å². The van der Waals surface area contributed by atoms with Crippen LogP contribution in [0.3, 0.4) is 0 Å². The number of sulfonamides is 1. The molecule has 5 aliphatic rings. The smallest absolute Gasteiger partial charge is 0.408 e. The third-order valence-corrected chi connectivity index (χ3v) is 14.5. The number of carbonyl (C=O) groups is 4. The molecule has 0 spiro atoms. The van der Waals surface area contributed by atoms with Gasteiger partial charge in [-0.1, -0.05) is 37.1 Å². The average molecular weight is 883 g/mol. The highest BCUT2D eigenvalue weighted by molar-refractivity contribution is 7.91. The van der Waals surface area contributed by atoms with E-state index in [4.69, 9.17) is 28.6 Å². The molecule has 0 bridgehead atoms. The van der Waals surface area contributed by atoms with Crippen molar-refractivity contribution < 1.29 is 46.2 Å². The van der Waals surface area contributed by atoms with Crippen LogP contribution in [0.25, 0.3) is 33.5 Å². The summed E-state index contributed by atoms with van der Waals surface area (Å²) in [5.41, 5.74) is 0.521. The molecule has 63 heavy (non-hydrogen) atoms. The number of nitrogens with zero attached hydrogens (tertiary/aromatic N) is 3. The maximum Gasteiger partial charge on any atom is 0.408 e. The van der Waals surface area contributed by atoms with E-state index < -0.39 is 68.7 Å². The Hall–Kier alpha value is -5.71. The third kappa shape index (κ3) is 9.20. The molecule has 0 unspecified atom stereocenters. The lowest BCUT2D eigenvalue weighted by Gasteiger charge is -2.30. The van der Waals surface area contributed by atoms with Crippen LogP contribution in [-0.2, 0) is 29.1 Å². The number of ether oxygens (including phenoxy) is 3. The standard InChI is InChI=1S/C46H54N6O10S/c1-27(2)59-31-20-18-28(19-21-31)40-48-38-34-15-10-11-17-37(34)62-39(38)42(49-40)60-32-24-36-41(53)50-46(44(55)51-63(57,58)33-22-23-33)25-29(46)12-6-4-3-5-7-16-35(43(54)52(36)26-32)47-45(56)61-30-13-8-9-14-30/h6,10-12,15,17-21,27,29-30,32-33,35-36H,3-5,7-9,13-14,16,22-26H2,1-2H3,(H,47,56)(H,50,53)(H,51,55)/t29-,32-,35+,36+,46-/m1/s1. The first-order valence-corrected chi connectivity index (χ1v) is 23.9. The van der Waals surface area contributed by atoms with Crippen LogP contribution in [0.15, 0.2) is 65.1 Å². The number of hydrogen-bond donors (Lipinski definition) is 3. The number of rotatable bonds is 10. The highest BCUT2D eigenvalue weighted by Gasteiger charge is 2.62. The summed E-state index contributed by atoms with van der Waals surface area (Å²) >= 11 is 0. The number of hydrogen-bond acceptors (Lipinski definition) is 12. The summed E-state index contributed by atoms with van der Waals surface area (Å²) in [6.45, 7) is 3.82. The molecule has 3 aliphatic carbocycles. The second-order valence-electron chi connectivity index (χ2n) is 17.8. The monoisotopic (exact) mass is 882 g/mol. The van der Waals surface area contributed by atoms with Crippen molar-refractivity contribution in [1.82, 2.24) is 30.2 Å². The fourth-order valence-corrected chi connectivity index (χ4v) is 10.4. The van der Waals surface area contributed by atoms with Gasteiger partial charge in [0.2, 0.25) is 27.4 Å². The van der Waals surface area contributed by atoms with Crippen molar-refractivity contribution in [3.05, 3.63) is 60.7 Å². The Labute approximate surface area is 365 Å². The van der Waals surface area contributed by atoms with Gasteiger partial charge in [0.05, 0.1) is 17.9 Å². The van der Waals surface area contributed by atoms with Crippen molar-refractivity contribution in [3.8, 4) is 23.0 Å². The average Bonchev–Trinajstić information content (AvgIpc) is 4.06. The lowest BCUT2D eigenvalue weighted by atomic mass is 10.0. The molecule has 4 amide bonds. The highest BCUT2D eigenvalue weighted by Crippen LogP contribution is 2.46. The number of nitrogens with one attached hydrogen (secondary N) is 3. The third-order valence-electron chi connectivity index (χ3n) is 12.7. The van der Waals surface area contributed by atoms with E-state index in [1.165, 1.54) is 4.90 Å². The summed E-state index contributed by atoms with van der Waals surface area (Å²) in [4.78, 5) is 67.8. The summed E-state index contributed by atoms with van der Waals surface area (Å²) in [5, 5.41) is 5.84. The van der Waals surface area contributed by atoms with Gasteiger partial charge in [0, 0.05) is 23.3 Å². The quantitative estimate of drug-likeness (QED) is 0.152. The molecule has 3 N–H and O–H groups in total. The molecule has 4 aromatic rings. The van der Waals surface area contributed by atoms with Gasteiger partial charge in [-0.25, -0.2) is 18.2 Å². The summed E-state index contributed by atoms with van der Waals surface area (Å²) in [7, 11) is -3.93. The first-order chi connectivity index (χ1) is 30.4. The number of benzene rings is 2. The topological polar surface area (TPSA) is 208 Å². The van der Waals surface area contributed by atoms with Crippen molar-refractivity contribution in [1.29, 1.82) is 0 Å². The minimum absolute atomic E-state index is 0.0131. The normalized spacial score (nSPS) is 25.8. The Morgan fingerprint density at radius 1 is 0.937 bits per heavy atom. The number of fused-ring (bicyclic) bond motifs is 5. The zero-order valence-electron chi connectivity index (χ0n) is 35.5. The Bertz CT molecular complexity index is 2530. The van der Waals surface area contributed by atoms with Gasteiger partial charge in [-0.3, -0.25) is 19.1 Å². The minimum Gasteiger partial charge on any atom is -0.491 e. The van der Waals surface area contributed by atoms with Crippen molar-refractivity contribution in [3.63, 3.8) is 0 Å². The Morgan fingerprint density at radius 3 is 2.46 bits per heavy atom. The highest BCUT2D eigenvalue weighted by atomic mass is 32.2. The number of para-hydroxylation sites is 1. The second-order valence-corrected chi connectivity index (χ2v) is 19.8. The Balaban J connectivity index is 1.05.